The Hall–Kier alpha value is -1.00. The van der Waals surface area contributed by atoms with Crippen LogP contribution in [0.15, 0.2) is 24.3 Å². The van der Waals surface area contributed by atoms with Crippen molar-refractivity contribution in [3.05, 3.63) is 35.4 Å². The van der Waals surface area contributed by atoms with Gasteiger partial charge in [0.25, 0.3) is 0 Å². The quantitative estimate of drug-likeness (QED) is 0.833. The average molecular weight is 280 g/mol. The lowest BCUT2D eigenvalue weighted by Gasteiger charge is -2.21. The highest BCUT2D eigenvalue weighted by Crippen LogP contribution is 2.09. The first-order valence-electron chi connectivity index (χ1n) is 6.65. The molecule has 0 unspecified atom stereocenters. The molecule has 0 aromatic heterocycles. The van der Waals surface area contributed by atoms with E-state index >= 15 is 0 Å². The van der Waals surface area contributed by atoms with Gasteiger partial charge in [-0.2, -0.15) is 11.8 Å². The zero-order valence-corrected chi connectivity index (χ0v) is 12.9. The van der Waals surface area contributed by atoms with Crippen molar-refractivity contribution in [2.75, 3.05) is 19.1 Å². The van der Waals surface area contributed by atoms with Crippen LogP contribution in [-0.2, 0) is 17.8 Å². The third kappa shape index (κ3) is 5.25. The summed E-state index contributed by atoms with van der Waals surface area (Å²) in [7, 11) is 1.81. The number of rotatable bonds is 7. The molecule has 0 heterocycles. The van der Waals surface area contributed by atoms with Crippen molar-refractivity contribution in [2.45, 2.75) is 32.4 Å². The molecule has 3 nitrogen and oxygen atoms in total. The Morgan fingerprint density at radius 3 is 2.42 bits per heavy atom. The van der Waals surface area contributed by atoms with Crippen molar-refractivity contribution in [1.29, 1.82) is 0 Å². The molecular formula is C15H24N2OS. The summed E-state index contributed by atoms with van der Waals surface area (Å²) >= 11 is 1.72. The molecule has 1 aromatic rings. The monoisotopic (exact) mass is 280 g/mol. The van der Waals surface area contributed by atoms with E-state index in [2.05, 4.69) is 31.2 Å². The van der Waals surface area contributed by atoms with Crippen LogP contribution >= 0.6 is 11.8 Å². The fraction of sp³-hybridized carbons (Fsp3) is 0.533. The summed E-state index contributed by atoms with van der Waals surface area (Å²) in [5.41, 5.74) is 8.36. The van der Waals surface area contributed by atoms with Gasteiger partial charge < -0.3 is 10.6 Å². The molecular weight excluding hydrogens is 256 g/mol. The SMILES string of the molecule is CCc1ccc(CN(C)C(=O)[C@H](N)CCSC)cc1. The number of carbonyl (C=O) groups excluding carboxylic acids is 1. The molecule has 106 valence electrons. The van der Waals surface area contributed by atoms with Crippen LogP contribution in [0.25, 0.3) is 0 Å². The number of benzene rings is 1. The third-order valence-corrected chi connectivity index (χ3v) is 3.82. The first-order chi connectivity index (χ1) is 9.08. The Labute approximate surface area is 120 Å². The molecule has 0 radical (unpaired) electrons. The summed E-state index contributed by atoms with van der Waals surface area (Å²) in [5.74, 6) is 0.944. The molecule has 0 aliphatic rings. The van der Waals surface area contributed by atoms with E-state index in [4.69, 9.17) is 5.73 Å². The number of amides is 1. The van der Waals surface area contributed by atoms with E-state index in [-0.39, 0.29) is 11.9 Å². The minimum absolute atomic E-state index is 0.0219. The highest BCUT2D eigenvalue weighted by atomic mass is 32.2. The maximum absolute atomic E-state index is 12.1. The summed E-state index contributed by atoms with van der Waals surface area (Å²) in [6, 6.07) is 8.00. The maximum atomic E-state index is 12.1. The fourth-order valence-electron chi connectivity index (χ4n) is 1.88. The van der Waals surface area contributed by atoms with Gasteiger partial charge in [-0.1, -0.05) is 31.2 Å². The molecule has 19 heavy (non-hydrogen) atoms. The summed E-state index contributed by atoms with van der Waals surface area (Å²) < 4.78 is 0. The van der Waals surface area contributed by atoms with Gasteiger partial charge in [0.15, 0.2) is 0 Å². The van der Waals surface area contributed by atoms with E-state index < -0.39 is 0 Å². The predicted molar refractivity (Wildman–Crippen MR) is 83.3 cm³/mol. The van der Waals surface area contributed by atoms with Gasteiger partial charge >= 0.3 is 0 Å². The lowest BCUT2D eigenvalue weighted by molar-refractivity contribution is -0.131. The van der Waals surface area contributed by atoms with Crippen molar-refractivity contribution in [3.8, 4) is 0 Å². The zero-order valence-electron chi connectivity index (χ0n) is 12.1. The Kier molecular flexibility index (Phi) is 6.95. The maximum Gasteiger partial charge on any atom is 0.239 e. The number of nitrogens with zero attached hydrogens (tertiary/aromatic N) is 1. The Morgan fingerprint density at radius 1 is 1.32 bits per heavy atom. The van der Waals surface area contributed by atoms with Gasteiger partial charge in [0.2, 0.25) is 5.91 Å². The number of aryl methyl sites for hydroxylation is 1. The van der Waals surface area contributed by atoms with Crippen molar-refractivity contribution in [2.24, 2.45) is 5.73 Å². The fourth-order valence-corrected chi connectivity index (χ4v) is 2.37. The minimum atomic E-state index is -0.382. The largest absolute Gasteiger partial charge is 0.340 e. The predicted octanol–water partition coefficient (Wildman–Crippen LogP) is 2.29. The second-order valence-electron chi connectivity index (χ2n) is 4.75. The second kappa shape index (κ2) is 8.23. The van der Waals surface area contributed by atoms with E-state index in [1.165, 1.54) is 5.56 Å². The van der Waals surface area contributed by atoms with E-state index in [0.717, 1.165) is 24.2 Å². The first-order valence-corrected chi connectivity index (χ1v) is 8.05. The van der Waals surface area contributed by atoms with Crippen LogP contribution in [0, 0.1) is 0 Å². The zero-order chi connectivity index (χ0) is 14.3. The number of carbonyl (C=O) groups is 1. The Morgan fingerprint density at radius 2 is 1.89 bits per heavy atom. The van der Waals surface area contributed by atoms with Crippen molar-refractivity contribution >= 4 is 17.7 Å². The molecule has 4 heteroatoms. The highest BCUT2D eigenvalue weighted by Gasteiger charge is 2.17. The second-order valence-corrected chi connectivity index (χ2v) is 5.74. The van der Waals surface area contributed by atoms with Crippen LogP contribution < -0.4 is 5.73 Å². The van der Waals surface area contributed by atoms with Crippen molar-refractivity contribution in [3.63, 3.8) is 0 Å². The molecule has 0 saturated carbocycles. The van der Waals surface area contributed by atoms with Crippen molar-refractivity contribution < 1.29 is 4.79 Å². The summed E-state index contributed by atoms with van der Waals surface area (Å²) in [5, 5.41) is 0. The molecule has 1 rings (SSSR count). The molecule has 0 fully saturated rings. The molecule has 0 spiro atoms. The van der Waals surface area contributed by atoms with Crippen LogP contribution in [0.5, 0.6) is 0 Å². The van der Waals surface area contributed by atoms with Crippen LogP contribution in [0.3, 0.4) is 0 Å². The third-order valence-electron chi connectivity index (χ3n) is 3.18. The normalized spacial score (nSPS) is 12.2. The van der Waals surface area contributed by atoms with E-state index in [1.54, 1.807) is 16.7 Å². The van der Waals surface area contributed by atoms with Crippen LogP contribution in [0.2, 0.25) is 0 Å². The van der Waals surface area contributed by atoms with E-state index in [1.807, 2.05) is 13.3 Å². The number of hydrogen-bond acceptors (Lipinski definition) is 3. The smallest absolute Gasteiger partial charge is 0.239 e. The lowest BCUT2D eigenvalue weighted by Crippen LogP contribution is -2.41. The van der Waals surface area contributed by atoms with Gasteiger partial charge in [0.05, 0.1) is 6.04 Å². The molecule has 1 aromatic carbocycles. The molecule has 0 aliphatic carbocycles. The Bertz CT molecular complexity index is 392. The highest BCUT2D eigenvalue weighted by molar-refractivity contribution is 7.98. The van der Waals surface area contributed by atoms with Gasteiger partial charge in [0, 0.05) is 13.6 Å². The molecule has 1 amide bonds. The average Bonchev–Trinajstić information content (AvgIpc) is 2.44. The van der Waals surface area contributed by atoms with Crippen molar-refractivity contribution in [1.82, 2.24) is 4.90 Å². The first kappa shape index (κ1) is 16.1. The van der Waals surface area contributed by atoms with E-state index in [0.29, 0.717) is 6.54 Å². The minimum Gasteiger partial charge on any atom is -0.340 e. The Balaban J connectivity index is 2.52. The number of likely N-dealkylation sites (N-methyl/N-ethyl adjacent to an activating group) is 1. The number of hydrogen-bond donors (Lipinski definition) is 1. The summed E-state index contributed by atoms with van der Waals surface area (Å²) in [6.45, 7) is 2.76. The van der Waals surface area contributed by atoms with Gasteiger partial charge in [-0.15, -0.1) is 0 Å². The molecule has 0 aliphatic heterocycles. The molecule has 0 saturated heterocycles. The standard InChI is InChI=1S/C15H24N2OS/c1-4-12-5-7-13(8-6-12)11-17(2)15(18)14(16)9-10-19-3/h5-8,14H,4,9-11,16H2,1-3H3/t14-/m1/s1. The van der Waals surface area contributed by atoms with Crippen LogP contribution in [-0.4, -0.2) is 35.9 Å². The number of thioether (sulfide) groups is 1. The molecule has 1 atom stereocenters. The van der Waals surface area contributed by atoms with Gasteiger partial charge in [0.1, 0.15) is 0 Å². The molecule has 0 bridgehead atoms. The lowest BCUT2D eigenvalue weighted by atomic mass is 10.1. The van der Waals surface area contributed by atoms with E-state index in [9.17, 15) is 4.79 Å². The van der Waals surface area contributed by atoms with Crippen LogP contribution in [0.4, 0.5) is 0 Å². The topological polar surface area (TPSA) is 46.3 Å². The van der Waals surface area contributed by atoms with Gasteiger partial charge in [-0.25, -0.2) is 0 Å². The summed E-state index contributed by atoms with van der Waals surface area (Å²) in [4.78, 5) is 13.8. The summed E-state index contributed by atoms with van der Waals surface area (Å²) in [6.07, 6.45) is 3.80. The van der Waals surface area contributed by atoms with Gasteiger partial charge in [-0.05, 0) is 36.0 Å². The van der Waals surface area contributed by atoms with Gasteiger partial charge in [-0.3, -0.25) is 4.79 Å². The molecule has 2 N–H and O–H groups in total. The number of nitrogens with two attached hydrogens (primary N) is 1. The van der Waals surface area contributed by atoms with Crippen LogP contribution in [0.1, 0.15) is 24.5 Å².